The molecule has 1 N–H and O–H groups in total. The number of anilines is 1. The van der Waals surface area contributed by atoms with Crippen molar-refractivity contribution in [1.29, 1.82) is 0 Å². The first-order valence-electron chi connectivity index (χ1n) is 5.92. The van der Waals surface area contributed by atoms with Gasteiger partial charge in [-0.3, -0.25) is 10.1 Å². The second-order valence-corrected chi connectivity index (χ2v) is 3.89. The van der Waals surface area contributed by atoms with Crippen LogP contribution in [0.25, 0.3) is 0 Å². The minimum atomic E-state index is -0.685. The predicted octanol–water partition coefficient (Wildman–Crippen LogP) is 1.95. The van der Waals surface area contributed by atoms with Crippen LogP contribution in [0.4, 0.5) is 15.8 Å². The zero-order chi connectivity index (χ0) is 14.4. The van der Waals surface area contributed by atoms with Crippen molar-refractivity contribution in [1.82, 2.24) is 0 Å². The number of hydrogen-bond donors (Lipinski definition) is 1. The highest BCUT2D eigenvalue weighted by molar-refractivity contribution is 5.60. The lowest BCUT2D eigenvalue weighted by Gasteiger charge is -2.23. The molecular formula is C12H17FN2O4. The number of nitro benzene ring substituents is 1. The zero-order valence-corrected chi connectivity index (χ0v) is 10.9. The summed E-state index contributed by atoms with van der Waals surface area (Å²) in [5.74, 6) is -0.656. The number of ether oxygens (including phenoxy) is 1. The highest BCUT2D eigenvalue weighted by Crippen LogP contribution is 2.34. The SMILES string of the molecule is CCN(CCCO)c1cc(OC)c([N+](=O)[O-])cc1F. The molecule has 0 aromatic heterocycles. The molecule has 19 heavy (non-hydrogen) atoms. The van der Waals surface area contributed by atoms with E-state index >= 15 is 0 Å². The Balaban J connectivity index is 3.16. The molecule has 0 aliphatic heterocycles. The molecule has 7 heteroatoms. The van der Waals surface area contributed by atoms with Gasteiger partial charge in [0.1, 0.15) is 0 Å². The maximum absolute atomic E-state index is 13.9. The Labute approximate surface area is 110 Å². The van der Waals surface area contributed by atoms with Crippen LogP contribution in [-0.2, 0) is 0 Å². The van der Waals surface area contributed by atoms with Crippen molar-refractivity contribution in [3.8, 4) is 5.75 Å². The largest absolute Gasteiger partial charge is 0.490 e. The van der Waals surface area contributed by atoms with Gasteiger partial charge in [-0.15, -0.1) is 0 Å². The van der Waals surface area contributed by atoms with Crippen LogP contribution in [-0.4, -0.2) is 36.8 Å². The van der Waals surface area contributed by atoms with Crippen LogP contribution in [0.15, 0.2) is 12.1 Å². The molecule has 0 aliphatic carbocycles. The van der Waals surface area contributed by atoms with E-state index in [2.05, 4.69) is 0 Å². The van der Waals surface area contributed by atoms with Gasteiger partial charge in [0.2, 0.25) is 0 Å². The van der Waals surface area contributed by atoms with E-state index in [1.807, 2.05) is 6.92 Å². The van der Waals surface area contributed by atoms with Crippen LogP contribution in [0.3, 0.4) is 0 Å². The first-order valence-corrected chi connectivity index (χ1v) is 5.92. The molecule has 0 radical (unpaired) electrons. The van der Waals surface area contributed by atoms with E-state index in [0.717, 1.165) is 6.07 Å². The van der Waals surface area contributed by atoms with Gasteiger partial charge < -0.3 is 14.7 Å². The van der Waals surface area contributed by atoms with Crippen molar-refractivity contribution in [2.75, 3.05) is 31.7 Å². The Morgan fingerprint density at radius 3 is 2.68 bits per heavy atom. The molecule has 106 valence electrons. The Hall–Kier alpha value is -1.89. The van der Waals surface area contributed by atoms with Gasteiger partial charge in [-0.2, -0.15) is 0 Å². The molecule has 0 atom stereocenters. The zero-order valence-electron chi connectivity index (χ0n) is 10.9. The third-order valence-electron chi connectivity index (χ3n) is 2.75. The molecule has 0 bridgehead atoms. The van der Waals surface area contributed by atoms with Gasteiger partial charge in [0.05, 0.1) is 23.8 Å². The van der Waals surface area contributed by atoms with Crippen molar-refractivity contribution < 1.29 is 19.2 Å². The van der Waals surface area contributed by atoms with E-state index in [0.29, 0.717) is 19.5 Å². The molecule has 0 saturated carbocycles. The summed E-state index contributed by atoms with van der Waals surface area (Å²) >= 11 is 0. The maximum atomic E-state index is 13.9. The maximum Gasteiger partial charge on any atom is 0.313 e. The summed E-state index contributed by atoms with van der Waals surface area (Å²) in [6, 6.07) is 2.17. The topological polar surface area (TPSA) is 75.8 Å². The lowest BCUT2D eigenvalue weighted by atomic mass is 10.2. The fraction of sp³-hybridized carbons (Fsp3) is 0.500. The second-order valence-electron chi connectivity index (χ2n) is 3.89. The van der Waals surface area contributed by atoms with E-state index in [1.54, 1.807) is 4.90 Å². The summed E-state index contributed by atoms with van der Waals surface area (Å²) in [4.78, 5) is 11.8. The van der Waals surface area contributed by atoms with Crippen LogP contribution in [0.5, 0.6) is 5.75 Å². The predicted molar refractivity (Wildman–Crippen MR) is 69.2 cm³/mol. The van der Waals surface area contributed by atoms with Crippen molar-refractivity contribution in [3.05, 3.63) is 28.1 Å². The minimum Gasteiger partial charge on any atom is -0.490 e. The van der Waals surface area contributed by atoms with Crippen molar-refractivity contribution in [3.63, 3.8) is 0 Å². The molecule has 0 saturated heterocycles. The number of nitro groups is 1. The molecule has 0 spiro atoms. The second kappa shape index (κ2) is 6.89. The normalized spacial score (nSPS) is 10.3. The molecule has 0 amide bonds. The summed E-state index contributed by atoms with van der Waals surface area (Å²) < 4.78 is 18.8. The number of methoxy groups -OCH3 is 1. The summed E-state index contributed by atoms with van der Waals surface area (Å²) in [5, 5.41) is 19.6. The Kier molecular flexibility index (Phi) is 5.50. The molecule has 0 aliphatic rings. The number of hydrogen-bond acceptors (Lipinski definition) is 5. The van der Waals surface area contributed by atoms with E-state index in [1.165, 1.54) is 13.2 Å². The Morgan fingerprint density at radius 2 is 2.21 bits per heavy atom. The number of benzene rings is 1. The number of halogens is 1. The molecule has 0 heterocycles. The van der Waals surface area contributed by atoms with Gasteiger partial charge in [0, 0.05) is 25.8 Å². The first kappa shape index (κ1) is 15.2. The van der Waals surface area contributed by atoms with E-state index in [4.69, 9.17) is 9.84 Å². The average Bonchev–Trinajstić information content (AvgIpc) is 2.40. The number of nitrogens with zero attached hydrogens (tertiary/aromatic N) is 2. The molecule has 0 fully saturated rings. The van der Waals surface area contributed by atoms with Crippen molar-refractivity contribution >= 4 is 11.4 Å². The minimum absolute atomic E-state index is 0.00222. The van der Waals surface area contributed by atoms with E-state index in [-0.39, 0.29) is 18.0 Å². The number of rotatable bonds is 7. The van der Waals surface area contributed by atoms with Crippen LogP contribution >= 0.6 is 0 Å². The summed E-state index contributed by atoms with van der Waals surface area (Å²) in [5.41, 5.74) is -0.166. The molecular weight excluding hydrogens is 255 g/mol. The first-order chi connectivity index (χ1) is 9.04. The van der Waals surface area contributed by atoms with Crippen molar-refractivity contribution in [2.45, 2.75) is 13.3 Å². The van der Waals surface area contributed by atoms with Gasteiger partial charge in [-0.05, 0) is 13.3 Å². The quantitative estimate of drug-likeness (QED) is 0.606. The lowest BCUT2D eigenvalue weighted by Crippen LogP contribution is -2.25. The summed E-state index contributed by atoms with van der Waals surface area (Å²) in [6.07, 6.45) is 0.493. The monoisotopic (exact) mass is 272 g/mol. The number of aliphatic hydroxyl groups excluding tert-OH is 1. The van der Waals surface area contributed by atoms with Gasteiger partial charge in [-0.1, -0.05) is 0 Å². The lowest BCUT2D eigenvalue weighted by molar-refractivity contribution is -0.385. The van der Waals surface area contributed by atoms with Gasteiger partial charge in [0.25, 0.3) is 0 Å². The van der Waals surface area contributed by atoms with E-state index < -0.39 is 16.4 Å². The molecule has 0 unspecified atom stereocenters. The molecule has 1 rings (SSSR count). The fourth-order valence-electron chi connectivity index (χ4n) is 1.79. The summed E-state index contributed by atoms with van der Waals surface area (Å²) in [7, 11) is 1.30. The van der Waals surface area contributed by atoms with Crippen molar-refractivity contribution in [2.24, 2.45) is 0 Å². The van der Waals surface area contributed by atoms with Gasteiger partial charge in [0.15, 0.2) is 11.6 Å². The van der Waals surface area contributed by atoms with Crippen LogP contribution < -0.4 is 9.64 Å². The molecule has 1 aromatic rings. The van der Waals surface area contributed by atoms with Crippen LogP contribution in [0.2, 0.25) is 0 Å². The summed E-state index contributed by atoms with van der Waals surface area (Å²) in [6.45, 7) is 2.83. The van der Waals surface area contributed by atoms with Gasteiger partial charge >= 0.3 is 5.69 Å². The van der Waals surface area contributed by atoms with Crippen LogP contribution in [0, 0.1) is 15.9 Å². The third-order valence-corrected chi connectivity index (χ3v) is 2.75. The molecule has 6 nitrogen and oxygen atoms in total. The smallest absolute Gasteiger partial charge is 0.313 e. The Bertz CT molecular complexity index is 454. The third kappa shape index (κ3) is 3.54. The van der Waals surface area contributed by atoms with E-state index in [9.17, 15) is 14.5 Å². The Morgan fingerprint density at radius 1 is 1.53 bits per heavy atom. The average molecular weight is 272 g/mol. The fourth-order valence-corrected chi connectivity index (χ4v) is 1.79. The van der Waals surface area contributed by atoms with Gasteiger partial charge in [-0.25, -0.2) is 4.39 Å². The highest BCUT2D eigenvalue weighted by atomic mass is 19.1. The van der Waals surface area contributed by atoms with Crippen LogP contribution in [0.1, 0.15) is 13.3 Å². The highest BCUT2D eigenvalue weighted by Gasteiger charge is 2.21. The molecule has 1 aromatic carbocycles. The number of aliphatic hydroxyl groups is 1. The standard InChI is InChI=1S/C12H17FN2O4/c1-3-14(5-4-6-16)10-8-12(19-2)11(15(17)18)7-9(10)13/h7-8,16H,3-6H2,1-2H3.